The van der Waals surface area contributed by atoms with E-state index in [4.69, 9.17) is 0 Å². The summed E-state index contributed by atoms with van der Waals surface area (Å²) < 4.78 is 0. The van der Waals surface area contributed by atoms with Crippen molar-refractivity contribution in [2.24, 2.45) is 28.1 Å². The molecular formula is C35H52O4. The lowest BCUT2D eigenvalue weighted by Gasteiger charge is -2.61. The van der Waals surface area contributed by atoms with E-state index in [-0.39, 0.29) is 41.7 Å². The lowest BCUT2D eigenvalue weighted by Crippen LogP contribution is -2.71. The fourth-order valence-electron chi connectivity index (χ4n) is 6.71. The Morgan fingerprint density at radius 2 is 1.44 bits per heavy atom. The van der Waals surface area contributed by atoms with Gasteiger partial charge >= 0.3 is 0 Å². The summed E-state index contributed by atoms with van der Waals surface area (Å²) in [6.45, 7) is 21.6. The minimum Gasteiger partial charge on any atom is -0.511 e. The second-order valence-corrected chi connectivity index (χ2v) is 13.5. The third-order valence-electron chi connectivity index (χ3n) is 8.98. The van der Waals surface area contributed by atoms with Crippen LogP contribution in [-0.2, 0) is 14.4 Å². The number of rotatable bonds is 11. The fourth-order valence-corrected chi connectivity index (χ4v) is 6.71. The Bertz CT molecular complexity index is 1140. The molecule has 0 aromatic carbocycles. The van der Waals surface area contributed by atoms with E-state index in [2.05, 4.69) is 12.2 Å². The summed E-state index contributed by atoms with van der Waals surface area (Å²) in [5.41, 5.74) is 0.583. The number of allylic oxidation sites excluding steroid dienone is 10. The van der Waals surface area contributed by atoms with E-state index < -0.39 is 27.9 Å². The monoisotopic (exact) mass is 536 g/mol. The van der Waals surface area contributed by atoms with Crippen LogP contribution in [0, 0.1) is 28.1 Å². The second kappa shape index (κ2) is 12.4. The van der Waals surface area contributed by atoms with Crippen LogP contribution < -0.4 is 0 Å². The smallest absolute Gasteiger partial charge is 0.184 e. The number of fused-ring (bicyclic) bond motifs is 2. The van der Waals surface area contributed by atoms with E-state index in [1.807, 2.05) is 74.5 Å². The molecule has 4 heteroatoms. The Hall–Kier alpha value is -2.49. The van der Waals surface area contributed by atoms with Crippen molar-refractivity contribution in [1.82, 2.24) is 0 Å². The summed E-state index contributed by atoms with van der Waals surface area (Å²) in [5, 5.41) is 11.9. The number of aliphatic hydroxyl groups excluding tert-OH is 1. The van der Waals surface area contributed by atoms with Gasteiger partial charge in [-0.15, -0.1) is 0 Å². The maximum Gasteiger partial charge on any atom is 0.184 e. The first-order valence-electron chi connectivity index (χ1n) is 14.6. The fraction of sp³-hybridized carbons (Fsp3) is 0.629. The van der Waals surface area contributed by atoms with Crippen molar-refractivity contribution in [3.63, 3.8) is 0 Å². The Balaban J connectivity index is 3.09. The predicted molar refractivity (Wildman–Crippen MR) is 161 cm³/mol. The molecule has 0 saturated heterocycles. The van der Waals surface area contributed by atoms with Crippen molar-refractivity contribution in [2.75, 3.05) is 0 Å². The highest BCUT2D eigenvalue weighted by atomic mass is 16.3. The van der Waals surface area contributed by atoms with Gasteiger partial charge in [-0.3, -0.25) is 14.4 Å². The number of ketones is 3. The summed E-state index contributed by atoms with van der Waals surface area (Å²) in [5.74, 6) is -1.93. The van der Waals surface area contributed by atoms with Crippen LogP contribution in [-0.4, -0.2) is 22.5 Å². The molecule has 0 spiro atoms. The number of carbonyl (C=O) groups excluding carboxylic acids is 3. The maximum atomic E-state index is 15.0. The molecule has 0 aromatic heterocycles. The highest BCUT2D eigenvalue weighted by Gasteiger charge is 2.75. The van der Waals surface area contributed by atoms with Crippen LogP contribution in [0.5, 0.6) is 0 Å². The Morgan fingerprint density at radius 3 is 1.92 bits per heavy atom. The molecule has 4 atom stereocenters. The Kier molecular flexibility index (Phi) is 10.4. The number of hydrogen-bond acceptors (Lipinski definition) is 4. The van der Waals surface area contributed by atoms with Gasteiger partial charge in [0.05, 0.1) is 5.41 Å². The highest BCUT2D eigenvalue weighted by molar-refractivity contribution is 6.33. The number of carbonyl (C=O) groups is 3. The molecule has 2 rings (SSSR count). The molecule has 4 nitrogen and oxygen atoms in total. The summed E-state index contributed by atoms with van der Waals surface area (Å²) in [6, 6.07) is 0. The summed E-state index contributed by atoms with van der Waals surface area (Å²) in [7, 11) is 0. The van der Waals surface area contributed by atoms with E-state index >= 15 is 0 Å². The van der Waals surface area contributed by atoms with Crippen molar-refractivity contribution < 1.29 is 19.5 Å². The molecule has 0 radical (unpaired) electrons. The van der Waals surface area contributed by atoms with E-state index in [1.165, 1.54) is 5.57 Å². The lowest BCUT2D eigenvalue weighted by atomic mass is 9.38. The zero-order chi connectivity index (χ0) is 29.9. The first-order valence-corrected chi connectivity index (χ1v) is 14.6. The molecule has 2 aliphatic carbocycles. The van der Waals surface area contributed by atoms with Gasteiger partial charge < -0.3 is 5.11 Å². The molecule has 39 heavy (non-hydrogen) atoms. The van der Waals surface area contributed by atoms with E-state index in [0.29, 0.717) is 25.7 Å². The van der Waals surface area contributed by atoms with Crippen LogP contribution in [0.15, 0.2) is 57.9 Å². The first-order chi connectivity index (χ1) is 18.0. The molecular weight excluding hydrogens is 484 g/mol. The van der Waals surface area contributed by atoms with Crippen molar-refractivity contribution in [2.45, 2.75) is 115 Å². The predicted octanol–water partition coefficient (Wildman–Crippen LogP) is 8.99. The molecule has 2 aliphatic rings. The Labute approximate surface area is 237 Å². The Morgan fingerprint density at radius 1 is 0.897 bits per heavy atom. The van der Waals surface area contributed by atoms with Gasteiger partial charge in [0.1, 0.15) is 5.76 Å². The van der Waals surface area contributed by atoms with E-state index in [0.717, 1.165) is 16.7 Å². The van der Waals surface area contributed by atoms with Crippen LogP contribution in [0.1, 0.15) is 115 Å². The number of Topliss-reactive ketones (excluding diaryl/α,β-unsaturated/α-hetero) is 3. The van der Waals surface area contributed by atoms with Gasteiger partial charge in [0, 0.05) is 11.5 Å². The maximum absolute atomic E-state index is 15.0. The van der Waals surface area contributed by atoms with Crippen LogP contribution in [0.3, 0.4) is 0 Å². The largest absolute Gasteiger partial charge is 0.511 e. The standard InChI is InChI=1S/C35H52O4/c1-22(2)13-12-19-33(11)27(16-14-23(3)4)21-34(20-18-25(7)8)30(37)28(17-15-24(5)6)31(38)35(33,32(34)39)29(36)26(9)10/h13-15,18,26-27,37H,12,16-17,19-21H2,1-11H3/t27?,33-,34-,35+/m1/s1. The minimum absolute atomic E-state index is 0.117. The zero-order valence-electron chi connectivity index (χ0n) is 26.4. The van der Waals surface area contributed by atoms with Crippen LogP contribution >= 0.6 is 0 Å². The third kappa shape index (κ3) is 5.86. The third-order valence-corrected chi connectivity index (χ3v) is 8.98. The summed E-state index contributed by atoms with van der Waals surface area (Å²) in [6.07, 6.45) is 11.0. The average molecular weight is 537 g/mol. The van der Waals surface area contributed by atoms with Crippen molar-refractivity contribution in [3.05, 3.63) is 57.9 Å². The van der Waals surface area contributed by atoms with Crippen molar-refractivity contribution in [1.29, 1.82) is 0 Å². The molecule has 1 saturated carbocycles. The van der Waals surface area contributed by atoms with Crippen LogP contribution in [0.2, 0.25) is 0 Å². The topological polar surface area (TPSA) is 71.4 Å². The van der Waals surface area contributed by atoms with Gasteiger partial charge in [-0.05, 0) is 105 Å². The molecule has 0 heterocycles. The van der Waals surface area contributed by atoms with Gasteiger partial charge in [0.15, 0.2) is 22.8 Å². The summed E-state index contributed by atoms with van der Waals surface area (Å²) >= 11 is 0. The van der Waals surface area contributed by atoms with E-state index in [1.54, 1.807) is 13.8 Å². The highest BCUT2D eigenvalue weighted by Crippen LogP contribution is 2.67. The quantitative estimate of drug-likeness (QED) is 0.211. The molecule has 0 amide bonds. The normalized spacial score (nSPS) is 28.3. The van der Waals surface area contributed by atoms with Gasteiger partial charge in [0.25, 0.3) is 0 Å². The molecule has 216 valence electrons. The summed E-state index contributed by atoms with van der Waals surface area (Å²) in [4.78, 5) is 44.3. The molecule has 1 N–H and O–H groups in total. The molecule has 0 aliphatic heterocycles. The minimum atomic E-state index is -1.83. The van der Waals surface area contributed by atoms with Gasteiger partial charge in [-0.1, -0.05) is 67.4 Å². The van der Waals surface area contributed by atoms with Crippen LogP contribution in [0.4, 0.5) is 0 Å². The number of aliphatic hydroxyl groups is 1. The first kappa shape index (κ1) is 32.7. The number of hydrogen-bond donors (Lipinski definition) is 1. The lowest BCUT2D eigenvalue weighted by molar-refractivity contribution is -0.180. The van der Waals surface area contributed by atoms with Crippen molar-refractivity contribution >= 4 is 17.3 Å². The molecule has 1 unspecified atom stereocenters. The molecule has 0 aromatic rings. The van der Waals surface area contributed by atoms with Gasteiger partial charge in [-0.2, -0.15) is 0 Å². The van der Waals surface area contributed by atoms with Crippen molar-refractivity contribution in [3.8, 4) is 0 Å². The molecule has 1 fully saturated rings. The second-order valence-electron chi connectivity index (χ2n) is 13.5. The van der Waals surface area contributed by atoms with Gasteiger partial charge in [-0.25, -0.2) is 0 Å². The average Bonchev–Trinajstić information content (AvgIpc) is 2.81. The SMILES string of the molecule is CC(C)=CCC[C@]1(C)C(CC=C(C)C)C[C@@]2(CC=C(C)C)C(=O)[C@]1(C(=O)C(C)C)C(=O)C(CC=C(C)C)=C2O. The van der Waals surface area contributed by atoms with Gasteiger partial charge in [0.2, 0.25) is 0 Å². The molecule has 2 bridgehead atoms. The van der Waals surface area contributed by atoms with Crippen LogP contribution in [0.25, 0.3) is 0 Å². The van der Waals surface area contributed by atoms with E-state index in [9.17, 15) is 19.5 Å². The zero-order valence-corrected chi connectivity index (χ0v) is 26.4.